The van der Waals surface area contributed by atoms with E-state index in [1.807, 2.05) is 41.8 Å². The molecule has 3 aromatic rings. The Morgan fingerprint density at radius 1 is 1.18 bits per heavy atom. The maximum absolute atomic E-state index is 5.97. The van der Waals surface area contributed by atoms with E-state index in [2.05, 4.69) is 44.6 Å². The number of nitrogens with zero attached hydrogens (tertiary/aromatic N) is 5. The van der Waals surface area contributed by atoms with Gasteiger partial charge in [-0.15, -0.1) is 10.2 Å². The number of ether oxygens (including phenoxy) is 1. The molecule has 148 valence electrons. The number of hydrogen-bond donors (Lipinski definition) is 2. The summed E-state index contributed by atoms with van der Waals surface area (Å²) in [6, 6.07) is 7.91. The molecule has 0 aliphatic carbocycles. The van der Waals surface area contributed by atoms with E-state index in [9.17, 15) is 0 Å². The smallest absolute Gasteiger partial charge is 0.225 e. The van der Waals surface area contributed by atoms with Crippen LogP contribution < -0.4 is 10.6 Å². The maximum Gasteiger partial charge on any atom is 0.225 e. The molecular formula is C20H27N7O. The van der Waals surface area contributed by atoms with Crippen molar-refractivity contribution in [1.82, 2.24) is 24.6 Å². The standard InChI is InChI=1S/C20H27N7O/c1-13(2)18-15(7-6-12-28-18)23-16-9-10-21-20(24-16)22-14(3)19-26-25-17-8-4-5-11-27(17)19/h4-5,8-11,13-15,18H,6-7,12H2,1-3H3,(H2,21,22,23,24). The second-order valence-electron chi connectivity index (χ2n) is 7.59. The lowest BCUT2D eigenvalue weighted by molar-refractivity contribution is -0.0203. The highest BCUT2D eigenvalue weighted by Crippen LogP contribution is 2.24. The second-order valence-corrected chi connectivity index (χ2v) is 7.59. The molecule has 4 rings (SSSR count). The largest absolute Gasteiger partial charge is 0.376 e. The minimum Gasteiger partial charge on any atom is -0.376 e. The van der Waals surface area contributed by atoms with Crippen LogP contribution in [0, 0.1) is 5.92 Å². The van der Waals surface area contributed by atoms with Crippen LogP contribution in [-0.4, -0.2) is 43.3 Å². The highest BCUT2D eigenvalue weighted by atomic mass is 16.5. The van der Waals surface area contributed by atoms with Crippen molar-refractivity contribution in [3.05, 3.63) is 42.5 Å². The zero-order chi connectivity index (χ0) is 19.5. The van der Waals surface area contributed by atoms with Crippen molar-refractivity contribution in [2.75, 3.05) is 17.2 Å². The van der Waals surface area contributed by atoms with Crippen LogP contribution in [0.15, 0.2) is 36.7 Å². The van der Waals surface area contributed by atoms with Crippen LogP contribution in [0.1, 0.15) is 45.5 Å². The monoisotopic (exact) mass is 381 g/mol. The van der Waals surface area contributed by atoms with Gasteiger partial charge >= 0.3 is 0 Å². The molecule has 3 atom stereocenters. The number of nitrogens with one attached hydrogen (secondary N) is 2. The molecule has 1 aliphatic heterocycles. The van der Waals surface area contributed by atoms with E-state index in [1.54, 1.807) is 6.20 Å². The van der Waals surface area contributed by atoms with E-state index in [0.717, 1.165) is 36.7 Å². The number of rotatable bonds is 6. The molecule has 0 bridgehead atoms. The van der Waals surface area contributed by atoms with Crippen LogP contribution in [-0.2, 0) is 4.74 Å². The van der Waals surface area contributed by atoms with Crippen LogP contribution in [0.5, 0.6) is 0 Å². The van der Waals surface area contributed by atoms with Crippen molar-refractivity contribution in [3.63, 3.8) is 0 Å². The quantitative estimate of drug-likeness (QED) is 0.677. The summed E-state index contributed by atoms with van der Waals surface area (Å²) >= 11 is 0. The van der Waals surface area contributed by atoms with Crippen LogP contribution in [0.25, 0.3) is 5.65 Å². The number of pyridine rings is 1. The highest BCUT2D eigenvalue weighted by molar-refractivity contribution is 5.42. The first-order valence-electron chi connectivity index (χ1n) is 9.89. The molecule has 1 saturated heterocycles. The lowest BCUT2D eigenvalue weighted by Crippen LogP contribution is -2.43. The first-order valence-corrected chi connectivity index (χ1v) is 9.89. The Morgan fingerprint density at radius 3 is 2.93 bits per heavy atom. The first kappa shape index (κ1) is 18.6. The predicted molar refractivity (Wildman–Crippen MR) is 108 cm³/mol. The predicted octanol–water partition coefficient (Wildman–Crippen LogP) is 3.31. The van der Waals surface area contributed by atoms with Crippen molar-refractivity contribution in [1.29, 1.82) is 0 Å². The lowest BCUT2D eigenvalue weighted by Gasteiger charge is -2.35. The molecule has 2 N–H and O–H groups in total. The van der Waals surface area contributed by atoms with Crippen molar-refractivity contribution in [2.45, 2.75) is 51.8 Å². The van der Waals surface area contributed by atoms with Gasteiger partial charge in [-0.3, -0.25) is 4.40 Å². The molecule has 0 aromatic carbocycles. The number of aromatic nitrogens is 5. The van der Waals surface area contributed by atoms with Gasteiger partial charge in [0.15, 0.2) is 11.5 Å². The highest BCUT2D eigenvalue weighted by Gasteiger charge is 2.28. The fraction of sp³-hybridized carbons (Fsp3) is 0.500. The van der Waals surface area contributed by atoms with Gasteiger partial charge in [-0.25, -0.2) is 4.98 Å². The third-order valence-corrected chi connectivity index (χ3v) is 5.09. The van der Waals surface area contributed by atoms with E-state index in [0.29, 0.717) is 11.9 Å². The normalized spacial score (nSPS) is 21.0. The summed E-state index contributed by atoms with van der Waals surface area (Å²) in [5.41, 5.74) is 0.819. The van der Waals surface area contributed by atoms with E-state index >= 15 is 0 Å². The summed E-state index contributed by atoms with van der Waals surface area (Å²) in [5, 5.41) is 15.4. The van der Waals surface area contributed by atoms with Crippen LogP contribution in [0.4, 0.5) is 11.8 Å². The summed E-state index contributed by atoms with van der Waals surface area (Å²) < 4.78 is 7.93. The summed E-state index contributed by atoms with van der Waals surface area (Å²) in [6.07, 6.45) is 6.06. The minimum absolute atomic E-state index is 0.0888. The molecule has 8 heteroatoms. The Labute approximate surface area is 164 Å². The van der Waals surface area contributed by atoms with Crippen molar-refractivity contribution >= 4 is 17.4 Å². The van der Waals surface area contributed by atoms with Gasteiger partial charge < -0.3 is 15.4 Å². The fourth-order valence-corrected chi connectivity index (χ4v) is 3.73. The first-order chi connectivity index (χ1) is 13.6. The summed E-state index contributed by atoms with van der Waals surface area (Å²) in [7, 11) is 0. The maximum atomic E-state index is 5.97. The molecule has 0 amide bonds. The molecular weight excluding hydrogens is 354 g/mol. The topological polar surface area (TPSA) is 89.3 Å². The molecule has 3 aromatic heterocycles. The Bertz CT molecular complexity index is 926. The zero-order valence-corrected chi connectivity index (χ0v) is 16.5. The molecule has 28 heavy (non-hydrogen) atoms. The Hall–Kier alpha value is -2.74. The molecule has 1 fully saturated rings. The minimum atomic E-state index is -0.0888. The zero-order valence-electron chi connectivity index (χ0n) is 16.5. The lowest BCUT2D eigenvalue weighted by atomic mass is 9.94. The number of hydrogen-bond acceptors (Lipinski definition) is 7. The summed E-state index contributed by atoms with van der Waals surface area (Å²) in [4.78, 5) is 9.01. The Balaban J connectivity index is 1.47. The van der Waals surface area contributed by atoms with E-state index < -0.39 is 0 Å². The van der Waals surface area contributed by atoms with Crippen molar-refractivity contribution in [3.8, 4) is 0 Å². The van der Waals surface area contributed by atoms with Gasteiger partial charge in [0.25, 0.3) is 0 Å². The average molecular weight is 381 g/mol. The van der Waals surface area contributed by atoms with Gasteiger partial charge in [0, 0.05) is 19.0 Å². The van der Waals surface area contributed by atoms with E-state index in [4.69, 9.17) is 4.74 Å². The summed E-state index contributed by atoms with van der Waals surface area (Å²) in [5.74, 6) is 2.64. The Morgan fingerprint density at radius 2 is 2.07 bits per heavy atom. The third kappa shape index (κ3) is 3.91. The van der Waals surface area contributed by atoms with Gasteiger partial charge in [-0.05, 0) is 43.9 Å². The summed E-state index contributed by atoms with van der Waals surface area (Å²) in [6.45, 7) is 7.25. The SMILES string of the molecule is CC(Nc1nccc(NC2CCCOC2C(C)C)n1)c1nnc2ccccn12. The molecule has 8 nitrogen and oxygen atoms in total. The second kappa shape index (κ2) is 8.10. The van der Waals surface area contributed by atoms with E-state index in [1.165, 1.54) is 0 Å². The van der Waals surface area contributed by atoms with Gasteiger partial charge in [0.2, 0.25) is 5.95 Å². The van der Waals surface area contributed by atoms with Gasteiger partial charge in [-0.1, -0.05) is 19.9 Å². The number of anilines is 2. The Kier molecular flexibility index (Phi) is 5.38. The average Bonchev–Trinajstić information content (AvgIpc) is 3.13. The van der Waals surface area contributed by atoms with Crippen molar-refractivity contribution < 1.29 is 4.74 Å². The molecule has 3 unspecified atom stereocenters. The van der Waals surface area contributed by atoms with Crippen LogP contribution >= 0.6 is 0 Å². The fourth-order valence-electron chi connectivity index (χ4n) is 3.73. The molecule has 0 radical (unpaired) electrons. The van der Waals surface area contributed by atoms with Crippen LogP contribution in [0.3, 0.4) is 0 Å². The van der Waals surface area contributed by atoms with E-state index in [-0.39, 0.29) is 18.2 Å². The van der Waals surface area contributed by atoms with Gasteiger partial charge in [0.05, 0.1) is 18.2 Å². The van der Waals surface area contributed by atoms with Crippen molar-refractivity contribution in [2.24, 2.45) is 5.92 Å². The molecule has 1 aliphatic rings. The van der Waals surface area contributed by atoms with Crippen LogP contribution in [0.2, 0.25) is 0 Å². The van der Waals surface area contributed by atoms with Gasteiger partial charge in [0.1, 0.15) is 5.82 Å². The number of fused-ring (bicyclic) bond motifs is 1. The molecule has 0 saturated carbocycles. The molecule has 0 spiro atoms. The third-order valence-electron chi connectivity index (χ3n) is 5.09. The van der Waals surface area contributed by atoms with Gasteiger partial charge in [-0.2, -0.15) is 4.98 Å². The molecule has 4 heterocycles.